The fourth-order valence-corrected chi connectivity index (χ4v) is 5.95. The fraction of sp³-hybridized carbons (Fsp3) is 0.333. The van der Waals surface area contributed by atoms with Gasteiger partial charge in [0.25, 0.3) is 5.91 Å². The zero-order valence-electron chi connectivity index (χ0n) is 24.1. The summed E-state index contributed by atoms with van der Waals surface area (Å²) in [6.45, 7) is 6.08. The van der Waals surface area contributed by atoms with Crippen LogP contribution in [0.2, 0.25) is 0 Å². The molecule has 9 nitrogen and oxygen atoms in total. The number of fused-ring (bicyclic) bond motifs is 1. The van der Waals surface area contributed by atoms with Crippen LogP contribution in [0, 0.1) is 6.92 Å². The van der Waals surface area contributed by atoms with Gasteiger partial charge in [0, 0.05) is 36.4 Å². The predicted octanol–water partition coefficient (Wildman–Crippen LogP) is 5.25. The molecule has 1 amide bonds. The molecule has 3 aromatic heterocycles. The predicted molar refractivity (Wildman–Crippen MR) is 164 cm³/mol. The number of aromatic amines is 2. The Morgan fingerprint density at radius 3 is 2.69 bits per heavy atom. The number of rotatable bonds is 9. The van der Waals surface area contributed by atoms with E-state index in [1.165, 1.54) is 17.3 Å². The molecule has 0 spiro atoms. The van der Waals surface area contributed by atoms with Gasteiger partial charge in [-0.3, -0.25) is 14.9 Å². The summed E-state index contributed by atoms with van der Waals surface area (Å²) >= 11 is 0. The molecular weight excluding hydrogens is 526 g/mol. The van der Waals surface area contributed by atoms with E-state index in [1.54, 1.807) is 0 Å². The van der Waals surface area contributed by atoms with Crippen molar-refractivity contribution in [2.75, 3.05) is 13.1 Å². The molecule has 2 aromatic carbocycles. The minimum absolute atomic E-state index is 0.205. The van der Waals surface area contributed by atoms with E-state index in [2.05, 4.69) is 86.0 Å². The smallest absolute Gasteiger partial charge is 0.269 e. The molecule has 3 heterocycles. The van der Waals surface area contributed by atoms with E-state index in [1.807, 2.05) is 24.5 Å². The third-order valence-electron chi connectivity index (χ3n) is 8.57. The van der Waals surface area contributed by atoms with Crippen molar-refractivity contribution in [1.82, 2.24) is 35.8 Å². The second-order valence-corrected chi connectivity index (χ2v) is 11.3. The number of carbonyl (C=O) groups excluding carboxylic acids is 1. The van der Waals surface area contributed by atoms with Gasteiger partial charge in [0.2, 0.25) is 0 Å². The Bertz CT molecular complexity index is 1680. The van der Waals surface area contributed by atoms with E-state index in [9.17, 15) is 9.90 Å². The SMILES string of the molecule is CCNCc1cncc(-c2ccc3[nH]nc(-c4ncc(C(=O)NC[C@]5(O)CC[C@H](c6ccccc6)CC5)[nH]4)c3c2)c1C. The molecule has 0 aliphatic heterocycles. The average Bonchev–Trinajstić information content (AvgIpc) is 3.68. The van der Waals surface area contributed by atoms with Crippen LogP contribution >= 0.6 is 0 Å². The number of hydrogen-bond acceptors (Lipinski definition) is 6. The van der Waals surface area contributed by atoms with Crippen LogP contribution in [-0.4, -0.2) is 54.9 Å². The van der Waals surface area contributed by atoms with E-state index >= 15 is 0 Å². The summed E-state index contributed by atoms with van der Waals surface area (Å²) in [6, 6.07) is 16.6. The molecular formula is C33H37N7O2. The largest absolute Gasteiger partial charge is 0.388 e. The van der Waals surface area contributed by atoms with Gasteiger partial charge in [0.1, 0.15) is 11.4 Å². The van der Waals surface area contributed by atoms with Gasteiger partial charge in [-0.05, 0) is 79.5 Å². The highest BCUT2D eigenvalue weighted by molar-refractivity contribution is 5.96. The third-order valence-corrected chi connectivity index (χ3v) is 8.57. The van der Waals surface area contributed by atoms with Gasteiger partial charge in [-0.1, -0.05) is 43.3 Å². The topological polar surface area (TPSA) is 132 Å². The first kappa shape index (κ1) is 27.8. The normalized spacial score (nSPS) is 18.8. The van der Waals surface area contributed by atoms with E-state index in [0.717, 1.165) is 53.5 Å². The lowest BCUT2D eigenvalue weighted by Crippen LogP contribution is -2.45. The highest BCUT2D eigenvalue weighted by atomic mass is 16.3. The Labute approximate surface area is 245 Å². The lowest BCUT2D eigenvalue weighted by molar-refractivity contribution is 0.000515. The van der Waals surface area contributed by atoms with Gasteiger partial charge in [-0.15, -0.1) is 0 Å². The summed E-state index contributed by atoms with van der Waals surface area (Å²) < 4.78 is 0. The minimum Gasteiger partial charge on any atom is -0.388 e. The van der Waals surface area contributed by atoms with Crippen LogP contribution in [0.5, 0.6) is 0 Å². The number of benzene rings is 2. The average molecular weight is 564 g/mol. The molecule has 0 radical (unpaired) electrons. The van der Waals surface area contributed by atoms with Crippen LogP contribution < -0.4 is 10.6 Å². The molecule has 9 heteroatoms. The number of carbonyl (C=O) groups is 1. The van der Waals surface area contributed by atoms with Crippen LogP contribution in [0.1, 0.15) is 65.7 Å². The quantitative estimate of drug-likeness (QED) is 0.166. The number of pyridine rings is 1. The van der Waals surface area contributed by atoms with Crippen molar-refractivity contribution in [3.05, 3.63) is 89.5 Å². The maximum absolute atomic E-state index is 13.0. The number of nitrogens with zero attached hydrogens (tertiary/aromatic N) is 3. The first-order valence-corrected chi connectivity index (χ1v) is 14.7. The second kappa shape index (κ2) is 11.9. The van der Waals surface area contributed by atoms with Crippen molar-refractivity contribution in [3.8, 4) is 22.6 Å². The molecule has 1 aliphatic rings. The number of amides is 1. The van der Waals surface area contributed by atoms with Gasteiger partial charge in [-0.2, -0.15) is 5.10 Å². The van der Waals surface area contributed by atoms with E-state index in [-0.39, 0.29) is 12.5 Å². The van der Waals surface area contributed by atoms with E-state index < -0.39 is 5.60 Å². The van der Waals surface area contributed by atoms with Gasteiger partial charge in [0.05, 0.1) is 17.3 Å². The van der Waals surface area contributed by atoms with Crippen LogP contribution in [0.25, 0.3) is 33.5 Å². The second-order valence-electron chi connectivity index (χ2n) is 11.3. The monoisotopic (exact) mass is 563 g/mol. The molecule has 1 fully saturated rings. The van der Waals surface area contributed by atoms with Gasteiger partial charge >= 0.3 is 0 Å². The Morgan fingerprint density at radius 1 is 1.10 bits per heavy atom. The lowest BCUT2D eigenvalue weighted by Gasteiger charge is -2.36. The fourth-order valence-electron chi connectivity index (χ4n) is 5.95. The molecule has 0 bridgehead atoms. The molecule has 1 saturated carbocycles. The van der Waals surface area contributed by atoms with Crippen molar-refractivity contribution in [3.63, 3.8) is 0 Å². The zero-order valence-corrected chi connectivity index (χ0v) is 24.1. The number of aromatic nitrogens is 5. The summed E-state index contributed by atoms with van der Waals surface area (Å²) in [5.41, 5.74) is 6.70. The first-order valence-electron chi connectivity index (χ1n) is 14.7. The zero-order chi connectivity index (χ0) is 29.1. The van der Waals surface area contributed by atoms with E-state index in [0.29, 0.717) is 36.0 Å². The number of aliphatic hydroxyl groups is 1. The highest BCUT2D eigenvalue weighted by Crippen LogP contribution is 2.38. The maximum Gasteiger partial charge on any atom is 0.269 e. The molecule has 5 aromatic rings. The minimum atomic E-state index is -0.907. The Hall–Kier alpha value is -4.34. The first-order chi connectivity index (χ1) is 20.4. The molecule has 6 rings (SSSR count). The molecule has 42 heavy (non-hydrogen) atoms. The highest BCUT2D eigenvalue weighted by Gasteiger charge is 2.34. The summed E-state index contributed by atoms with van der Waals surface area (Å²) in [4.78, 5) is 25.1. The Balaban J connectivity index is 1.14. The summed E-state index contributed by atoms with van der Waals surface area (Å²) in [7, 11) is 0. The summed E-state index contributed by atoms with van der Waals surface area (Å²) in [5.74, 6) is 0.650. The summed E-state index contributed by atoms with van der Waals surface area (Å²) in [6.07, 6.45) is 8.41. The number of imidazole rings is 1. The Kier molecular flexibility index (Phi) is 7.86. The van der Waals surface area contributed by atoms with Crippen LogP contribution in [0.3, 0.4) is 0 Å². The lowest BCUT2D eigenvalue weighted by atomic mass is 9.76. The number of hydrogen-bond donors (Lipinski definition) is 5. The molecule has 1 aliphatic carbocycles. The molecule has 0 atom stereocenters. The molecule has 216 valence electrons. The van der Waals surface area contributed by atoms with Crippen LogP contribution in [0.15, 0.2) is 67.1 Å². The van der Waals surface area contributed by atoms with Crippen molar-refractivity contribution in [2.45, 2.75) is 57.6 Å². The molecule has 0 unspecified atom stereocenters. The van der Waals surface area contributed by atoms with Crippen molar-refractivity contribution in [2.24, 2.45) is 0 Å². The van der Waals surface area contributed by atoms with Gasteiger partial charge in [-0.25, -0.2) is 4.98 Å². The van der Waals surface area contributed by atoms with Gasteiger partial charge < -0.3 is 20.7 Å². The van der Waals surface area contributed by atoms with E-state index in [4.69, 9.17) is 0 Å². The molecule has 5 N–H and O–H groups in total. The van der Waals surface area contributed by atoms with Crippen LogP contribution in [-0.2, 0) is 6.54 Å². The van der Waals surface area contributed by atoms with Crippen molar-refractivity contribution < 1.29 is 9.90 Å². The van der Waals surface area contributed by atoms with Crippen LogP contribution in [0.4, 0.5) is 0 Å². The van der Waals surface area contributed by atoms with Gasteiger partial charge in [0.15, 0.2) is 5.82 Å². The van der Waals surface area contributed by atoms with Crippen molar-refractivity contribution >= 4 is 16.8 Å². The standard InChI is InChI=1S/C33H37N7O2/c1-3-34-16-25-17-35-18-27(21(25)2)24-9-10-28-26(15-24)30(40-39-28)31-36-19-29(38-31)32(41)37-20-33(42)13-11-23(12-14-33)22-7-5-4-6-8-22/h4-10,15,17-19,23,34,42H,3,11-14,16,20H2,1-2H3,(H,36,38)(H,37,41)(H,39,40)/t23-,33-. The molecule has 0 saturated heterocycles. The number of H-pyrrole nitrogens is 2. The Morgan fingerprint density at radius 2 is 1.90 bits per heavy atom. The maximum atomic E-state index is 13.0. The summed E-state index contributed by atoms with van der Waals surface area (Å²) in [5, 5.41) is 25.9. The number of nitrogens with one attached hydrogen (secondary N) is 4. The van der Waals surface area contributed by atoms with Crippen molar-refractivity contribution in [1.29, 1.82) is 0 Å². The third kappa shape index (κ3) is 5.70.